The van der Waals surface area contributed by atoms with E-state index in [9.17, 15) is 9.59 Å². The first-order valence-corrected chi connectivity index (χ1v) is 9.24. The van der Waals surface area contributed by atoms with Crippen molar-refractivity contribution in [2.75, 3.05) is 18.2 Å². The van der Waals surface area contributed by atoms with Crippen LogP contribution in [0.25, 0.3) is 0 Å². The zero-order valence-corrected chi connectivity index (χ0v) is 13.2. The number of thioether (sulfide) groups is 1. The van der Waals surface area contributed by atoms with Crippen molar-refractivity contribution in [1.29, 1.82) is 0 Å². The van der Waals surface area contributed by atoms with Gasteiger partial charge in [0, 0.05) is 24.3 Å². The van der Waals surface area contributed by atoms with Crippen LogP contribution in [-0.2, 0) is 9.59 Å². The number of nitrogens with one attached hydrogen (secondary N) is 1. The maximum Gasteiger partial charge on any atom is 0.243 e. The Kier molecular flexibility index (Phi) is 4.74. The van der Waals surface area contributed by atoms with Gasteiger partial charge in [0.1, 0.15) is 6.04 Å². The highest BCUT2D eigenvalue weighted by molar-refractivity contribution is 7.99. The minimum absolute atomic E-state index is 0.0255. The predicted octanol–water partition coefficient (Wildman–Crippen LogP) is 0.932. The minimum Gasteiger partial charge on any atom is -0.353 e. The first kappa shape index (κ1) is 15.2. The Bertz CT molecular complexity index is 408. The molecule has 2 amide bonds. The summed E-state index contributed by atoms with van der Waals surface area (Å²) in [6.07, 6.45) is 6.63. The summed E-state index contributed by atoms with van der Waals surface area (Å²) in [4.78, 5) is 26.7. The molecule has 0 aromatic rings. The Hall–Kier alpha value is -0.750. The Morgan fingerprint density at radius 1 is 1.24 bits per heavy atom. The first-order valence-electron chi connectivity index (χ1n) is 8.08. The van der Waals surface area contributed by atoms with E-state index in [1.807, 2.05) is 0 Å². The maximum absolute atomic E-state index is 12.5. The van der Waals surface area contributed by atoms with Gasteiger partial charge >= 0.3 is 0 Å². The topological polar surface area (TPSA) is 75.4 Å². The van der Waals surface area contributed by atoms with Crippen LogP contribution in [-0.4, -0.2) is 47.0 Å². The van der Waals surface area contributed by atoms with E-state index in [4.69, 9.17) is 5.73 Å². The molecular weight excluding hydrogens is 286 g/mol. The molecule has 0 aromatic carbocycles. The molecule has 2 aliphatic carbocycles. The van der Waals surface area contributed by atoms with E-state index < -0.39 is 0 Å². The van der Waals surface area contributed by atoms with E-state index in [2.05, 4.69) is 5.32 Å². The fraction of sp³-hybridized carbons (Fsp3) is 0.867. The van der Waals surface area contributed by atoms with Crippen LogP contribution < -0.4 is 11.1 Å². The van der Waals surface area contributed by atoms with E-state index >= 15 is 0 Å². The number of rotatable bonds is 5. The third-order valence-electron chi connectivity index (χ3n) is 4.91. The van der Waals surface area contributed by atoms with Crippen molar-refractivity contribution in [3.05, 3.63) is 0 Å². The summed E-state index contributed by atoms with van der Waals surface area (Å²) in [6, 6.07) is -0.225. The van der Waals surface area contributed by atoms with E-state index in [1.54, 1.807) is 16.7 Å². The Balaban J connectivity index is 1.52. The van der Waals surface area contributed by atoms with E-state index in [0.29, 0.717) is 24.1 Å². The van der Waals surface area contributed by atoms with Crippen molar-refractivity contribution in [2.24, 2.45) is 17.6 Å². The molecule has 0 bridgehead atoms. The predicted molar refractivity (Wildman–Crippen MR) is 83.6 cm³/mol. The monoisotopic (exact) mass is 311 g/mol. The van der Waals surface area contributed by atoms with Crippen molar-refractivity contribution in [2.45, 2.75) is 50.6 Å². The molecule has 2 atom stereocenters. The summed E-state index contributed by atoms with van der Waals surface area (Å²) >= 11 is 1.67. The minimum atomic E-state index is -0.297. The summed E-state index contributed by atoms with van der Waals surface area (Å²) in [7, 11) is 0. The molecule has 1 saturated heterocycles. The summed E-state index contributed by atoms with van der Waals surface area (Å²) < 4.78 is 0. The second-order valence-corrected chi connectivity index (χ2v) is 7.55. The van der Waals surface area contributed by atoms with Crippen LogP contribution in [0.2, 0.25) is 0 Å². The van der Waals surface area contributed by atoms with Gasteiger partial charge in [-0.3, -0.25) is 9.59 Å². The molecular formula is C15H25N3O2S. The van der Waals surface area contributed by atoms with Gasteiger partial charge in [-0.2, -0.15) is 0 Å². The van der Waals surface area contributed by atoms with Gasteiger partial charge in [0.05, 0.1) is 5.88 Å². The van der Waals surface area contributed by atoms with Crippen LogP contribution in [0.5, 0.6) is 0 Å². The van der Waals surface area contributed by atoms with Gasteiger partial charge in [0.2, 0.25) is 11.8 Å². The molecule has 3 aliphatic rings. The fourth-order valence-electron chi connectivity index (χ4n) is 3.31. The lowest BCUT2D eigenvalue weighted by molar-refractivity contribution is -0.141. The van der Waals surface area contributed by atoms with Crippen LogP contribution in [0.15, 0.2) is 0 Å². The zero-order valence-electron chi connectivity index (χ0n) is 12.4. The van der Waals surface area contributed by atoms with Crippen molar-refractivity contribution in [3.63, 3.8) is 0 Å². The van der Waals surface area contributed by atoms with Crippen LogP contribution in [0.4, 0.5) is 0 Å². The average molecular weight is 311 g/mol. The van der Waals surface area contributed by atoms with Crippen molar-refractivity contribution in [3.8, 4) is 0 Å². The Morgan fingerprint density at radius 3 is 2.62 bits per heavy atom. The zero-order chi connectivity index (χ0) is 14.8. The molecule has 0 radical (unpaired) electrons. The fourth-order valence-corrected chi connectivity index (χ4v) is 4.48. The van der Waals surface area contributed by atoms with Gasteiger partial charge in [-0.1, -0.05) is 12.8 Å². The van der Waals surface area contributed by atoms with Gasteiger partial charge in [-0.05, 0) is 31.6 Å². The molecule has 21 heavy (non-hydrogen) atoms. The van der Waals surface area contributed by atoms with E-state index in [-0.39, 0.29) is 29.8 Å². The van der Waals surface area contributed by atoms with Crippen LogP contribution >= 0.6 is 11.8 Å². The molecule has 2 unspecified atom stereocenters. The van der Waals surface area contributed by atoms with Gasteiger partial charge in [0.25, 0.3) is 0 Å². The molecule has 1 heterocycles. The molecule has 1 aliphatic heterocycles. The van der Waals surface area contributed by atoms with Gasteiger partial charge < -0.3 is 16.0 Å². The molecule has 3 rings (SSSR count). The van der Waals surface area contributed by atoms with Crippen LogP contribution in [0, 0.1) is 11.8 Å². The highest BCUT2D eigenvalue weighted by atomic mass is 32.2. The second kappa shape index (κ2) is 6.57. The molecule has 5 nitrogen and oxygen atoms in total. The lowest BCUT2D eigenvalue weighted by atomic mass is 10.1. The number of hydrogen-bond acceptors (Lipinski definition) is 4. The molecule has 2 saturated carbocycles. The molecule has 3 N–H and O–H groups in total. The van der Waals surface area contributed by atoms with Crippen LogP contribution in [0.1, 0.15) is 38.5 Å². The SMILES string of the molecule is NC(CNC(=O)C1CSCN1C(=O)C1CCCC1)C1CC1. The molecule has 0 aromatic heterocycles. The summed E-state index contributed by atoms with van der Waals surface area (Å²) in [5.74, 6) is 2.25. The highest BCUT2D eigenvalue weighted by Crippen LogP contribution is 2.32. The lowest BCUT2D eigenvalue weighted by Gasteiger charge is -2.26. The lowest BCUT2D eigenvalue weighted by Crippen LogP contribution is -2.51. The molecule has 0 spiro atoms. The number of nitrogens with zero attached hydrogens (tertiary/aromatic N) is 1. The molecule has 118 valence electrons. The van der Waals surface area contributed by atoms with Gasteiger partial charge in [0.15, 0.2) is 0 Å². The average Bonchev–Trinajstić information content (AvgIpc) is 3.02. The Morgan fingerprint density at radius 2 is 1.95 bits per heavy atom. The number of carbonyl (C=O) groups is 2. The first-order chi connectivity index (χ1) is 10.2. The van der Waals surface area contributed by atoms with E-state index in [1.165, 1.54) is 12.8 Å². The third kappa shape index (κ3) is 3.54. The number of hydrogen-bond donors (Lipinski definition) is 2. The van der Waals surface area contributed by atoms with Crippen LogP contribution in [0.3, 0.4) is 0 Å². The number of nitrogens with two attached hydrogens (primary N) is 1. The third-order valence-corrected chi connectivity index (χ3v) is 5.92. The maximum atomic E-state index is 12.5. The van der Waals surface area contributed by atoms with Crippen molar-refractivity contribution in [1.82, 2.24) is 10.2 Å². The number of amides is 2. The number of carbonyl (C=O) groups excluding carboxylic acids is 2. The van der Waals surface area contributed by atoms with Gasteiger partial charge in [-0.25, -0.2) is 0 Å². The highest BCUT2D eigenvalue weighted by Gasteiger charge is 2.38. The second-order valence-electron chi connectivity index (χ2n) is 6.55. The molecule has 6 heteroatoms. The van der Waals surface area contributed by atoms with E-state index in [0.717, 1.165) is 25.7 Å². The largest absolute Gasteiger partial charge is 0.353 e. The molecule has 3 fully saturated rings. The smallest absolute Gasteiger partial charge is 0.243 e. The standard InChI is InChI=1S/C15H25N3O2S/c16-12(10-5-6-10)7-17-14(19)13-8-21-9-18(13)15(20)11-3-1-2-4-11/h10-13H,1-9,16H2,(H,17,19). The summed E-state index contributed by atoms with van der Waals surface area (Å²) in [5, 5.41) is 2.95. The van der Waals surface area contributed by atoms with Crippen molar-refractivity contribution < 1.29 is 9.59 Å². The van der Waals surface area contributed by atoms with Crippen molar-refractivity contribution >= 4 is 23.6 Å². The summed E-state index contributed by atoms with van der Waals surface area (Å²) in [5.41, 5.74) is 6.02. The summed E-state index contributed by atoms with van der Waals surface area (Å²) in [6.45, 7) is 0.538. The van der Waals surface area contributed by atoms with Gasteiger partial charge in [-0.15, -0.1) is 11.8 Å². The normalized spacial score (nSPS) is 27.9. The quantitative estimate of drug-likeness (QED) is 0.792. The Labute approximate surface area is 130 Å².